The summed E-state index contributed by atoms with van der Waals surface area (Å²) in [6, 6.07) is 8.17. The summed E-state index contributed by atoms with van der Waals surface area (Å²) in [6.45, 7) is 4.26. The number of benzene rings is 1. The van der Waals surface area contributed by atoms with Gasteiger partial charge in [-0.3, -0.25) is 0 Å². The third-order valence-electron chi connectivity index (χ3n) is 3.41. The second-order valence-corrected chi connectivity index (χ2v) is 4.35. The Hall–Kier alpha value is -1.28. The topological polar surface area (TPSA) is 36.0 Å². The smallest absolute Gasteiger partial charge is 0.0818 e. The maximum absolute atomic E-state index is 10.3. The van der Waals surface area contributed by atoms with Crippen molar-refractivity contribution in [2.24, 2.45) is 5.92 Å². The lowest BCUT2D eigenvalue weighted by Gasteiger charge is -2.20. The molecule has 16 heavy (non-hydrogen) atoms. The lowest BCUT2D eigenvalue weighted by molar-refractivity contribution is 0.103. The number of aromatic amines is 1. The van der Waals surface area contributed by atoms with Gasteiger partial charge in [0.2, 0.25) is 0 Å². The molecule has 0 fully saturated rings. The Bertz CT molecular complexity index is 456. The summed E-state index contributed by atoms with van der Waals surface area (Å²) in [5.41, 5.74) is 2.15. The first-order valence-corrected chi connectivity index (χ1v) is 6.01. The van der Waals surface area contributed by atoms with Crippen LogP contribution in [0.5, 0.6) is 0 Å². The molecule has 0 saturated heterocycles. The largest absolute Gasteiger partial charge is 0.388 e. The fraction of sp³-hybridized carbons (Fsp3) is 0.429. The van der Waals surface area contributed by atoms with Crippen LogP contribution in [0.3, 0.4) is 0 Å². The number of nitrogens with one attached hydrogen (secondary N) is 1. The highest BCUT2D eigenvalue weighted by Crippen LogP contribution is 2.28. The average molecular weight is 217 g/mol. The molecule has 0 amide bonds. The van der Waals surface area contributed by atoms with Crippen molar-refractivity contribution in [3.8, 4) is 0 Å². The van der Waals surface area contributed by atoms with Crippen LogP contribution in [0.4, 0.5) is 0 Å². The molecule has 2 N–H and O–H groups in total. The van der Waals surface area contributed by atoms with Crippen LogP contribution in [-0.2, 0) is 0 Å². The van der Waals surface area contributed by atoms with Crippen molar-refractivity contribution in [2.75, 3.05) is 0 Å². The Morgan fingerprint density at radius 1 is 1.19 bits per heavy atom. The molecule has 1 aromatic heterocycles. The van der Waals surface area contributed by atoms with Gasteiger partial charge in [0.25, 0.3) is 0 Å². The molecule has 0 radical (unpaired) electrons. The summed E-state index contributed by atoms with van der Waals surface area (Å²) in [5.74, 6) is 0.358. The predicted octanol–water partition coefficient (Wildman–Crippen LogP) is 3.64. The maximum Gasteiger partial charge on any atom is 0.0818 e. The number of hydrogen-bond acceptors (Lipinski definition) is 1. The van der Waals surface area contributed by atoms with Gasteiger partial charge in [-0.05, 0) is 35.1 Å². The summed E-state index contributed by atoms with van der Waals surface area (Å²) in [4.78, 5) is 3.16. The van der Waals surface area contributed by atoms with Gasteiger partial charge >= 0.3 is 0 Å². The van der Waals surface area contributed by atoms with Gasteiger partial charge in [-0.1, -0.05) is 32.8 Å². The van der Waals surface area contributed by atoms with Crippen molar-refractivity contribution in [2.45, 2.75) is 32.8 Å². The Labute approximate surface area is 96.3 Å². The van der Waals surface area contributed by atoms with Crippen molar-refractivity contribution < 1.29 is 5.11 Å². The van der Waals surface area contributed by atoms with Gasteiger partial charge in [0.05, 0.1) is 6.10 Å². The average Bonchev–Trinajstić information content (AvgIpc) is 2.77. The van der Waals surface area contributed by atoms with Crippen molar-refractivity contribution in [3.63, 3.8) is 0 Å². The van der Waals surface area contributed by atoms with Crippen molar-refractivity contribution in [1.82, 2.24) is 4.98 Å². The Kier molecular flexibility index (Phi) is 3.30. The Morgan fingerprint density at radius 2 is 1.94 bits per heavy atom. The van der Waals surface area contributed by atoms with E-state index in [2.05, 4.69) is 24.9 Å². The summed E-state index contributed by atoms with van der Waals surface area (Å²) in [7, 11) is 0. The fourth-order valence-electron chi connectivity index (χ4n) is 2.26. The van der Waals surface area contributed by atoms with Gasteiger partial charge in [0.15, 0.2) is 0 Å². The molecule has 2 heteroatoms. The quantitative estimate of drug-likeness (QED) is 0.806. The van der Waals surface area contributed by atoms with E-state index in [-0.39, 0.29) is 6.10 Å². The van der Waals surface area contributed by atoms with Gasteiger partial charge in [0, 0.05) is 11.7 Å². The predicted molar refractivity (Wildman–Crippen MR) is 67.3 cm³/mol. The molecule has 2 nitrogen and oxygen atoms in total. The molecule has 0 spiro atoms. The molecule has 0 aliphatic carbocycles. The zero-order valence-electron chi connectivity index (χ0n) is 9.90. The molecule has 0 saturated carbocycles. The lowest BCUT2D eigenvalue weighted by Crippen LogP contribution is -2.10. The van der Waals surface area contributed by atoms with Gasteiger partial charge in [0.1, 0.15) is 0 Å². The molecule has 2 rings (SSSR count). The highest BCUT2D eigenvalue weighted by atomic mass is 16.3. The van der Waals surface area contributed by atoms with Crippen LogP contribution in [0, 0.1) is 5.92 Å². The van der Waals surface area contributed by atoms with Crippen molar-refractivity contribution >= 4 is 10.9 Å². The van der Waals surface area contributed by atoms with Crippen LogP contribution in [-0.4, -0.2) is 10.1 Å². The van der Waals surface area contributed by atoms with E-state index < -0.39 is 0 Å². The molecular weight excluding hydrogens is 198 g/mol. The van der Waals surface area contributed by atoms with Gasteiger partial charge in [-0.2, -0.15) is 0 Å². The highest BCUT2D eigenvalue weighted by Gasteiger charge is 2.17. The molecule has 1 unspecified atom stereocenters. The molecule has 0 bridgehead atoms. The highest BCUT2D eigenvalue weighted by molar-refractivity contribution is 5.80. The Morgan fingerprint density at radius 3 is 2.62 bits per heavy atom. The van der Waals surface area contributed by atoms with E-state index >= 15 is 0 Å². The molecule has 1 atom stereocenters. The molecule has 86 valence electrons. The second-order valence-electron chi connectivity index (χ2n) is 4.35. The van der Waals surface area contributed by atoms with E-state index in [9.17, 15) is 5.11 Å². The fourth-order valence-corrected chi connectivity index (χ4v) is 2.26. The summed E-state index contributed by atoms with van der Waals surface area (Å²) < 4.78 is 0. The van der Waals surface area contributed by atoms with E-state index in [1.165, 1.54) is 5.39 Å². The zero-order valence-corrected chi connectivity index (χ0v) is 9.90. The van der Waals surface area contributed by atoms with Crippen LogP contribution in [0.15, 0.2) is 30.5 Å². The zero-order chi connectivity index (χ0) is 11.5. The minimum atomic E-state index is -0.339. The summed E-state index contributed by atoms with van der Waals surface area (Å²) in [5, 5.41) is 11.4. The van der Waals surface area contributed by atoms with E-state index in [1.807, 2.05) is 24.4 Å². The molecular formula is C14H19NO. The third-order valence-corrected chi connectivity index (χ3v) is 3.41. The number of aliphatic hydroxyl groups excluding tert-OH is 1. The van der Waals surface area contributed by atoms with Gasteiger partial charge in [-0.25, -0.2) is 0 Å². The van der Waals surface area contributed by atoms with E-state index in [0.29, 0.717) is 5.92 Å². The van der Waals surface area contributed by atoms with Crippen LogP contribution in [0.2, 0.25) is 0 Å². The standard InChI is InChI=1S/C14H19NO/c1-3-10(4-2)14(16)12-5-6-13-11(9-12)7-8-15-13/h5-10,14-16H,3-4H2,1-2H3. The SMILES string of the molecule is CCC(CC)C(O)c1ccc2[nH]ccc2c1. The first-order valence-electron chi connectivity index (χ1n) is 6.01. The van der Waals surface area contributed by atoms with E-state index in [0.717, 1.165) is 23.9 Å². The van der Waals surface area contributed by atoms with Gasteiger partial charge < -0.3 is 10.1 Å². The number of aromatic nitrogens is 1. The number of hydrogen-bond donors (Lipinski definition) is 2. The van der Waals surface area contributed by atoms with E-state index in [1.54, 1.807) is 0 Å². The first kappa shape index (κ1) is 11.2. The molecule has 2 aromatic rings. The molecule has 0 aliphatic rings. The molecule has 1 heterocycles. The van der Waals surface area contributed by atoms with Crippen LogP contribution in [0.1, 0.15) is 38.4 Å². The maximum atomic E-state index is 10.3. The molecule has 1 aromatic carbocycles. The minimum Gasteiger partial charge on any atom is -0.388 e. The van der Waals surface area contributed by atoms with Crippen LogP contribution >= 0.6 is 0 Å². The van der Waals surface area contributed by atoms with E-state index in [4.69, 9.17) is 0 Å². The van der Waals surface area contributed by atoms with Crippen LogP contribution in [0.25, 0.3) is 10.9 Å². The number of H-pyrrole nitrogens is 1. The second kappa shape index (κ2) is 4.71. The number of rotatable bonds is 4. The monoisotopic (exact) mass is 217 g/mol. The third kappa shape index (κ3) is 1.98. The Balaban J connectivity index is 2.31. The van der Waals surface area contributed by atoms with Gasteiger partial charge in [-0.15, -0.1) is 0 Å². The molecule has 0 aliphatic heterocycles. The number of aliphatic hydroxyl groups is 1. The van der Waals surface area contributed by atoms with Crippen LogP contribution < -0.4 is 0 Å². The number of fused-ring (bicyclic) bond motifs is 1. The van der Waals surface area contributed by atoms with Crippen molar-refractivity contribution in [1.29, 1.82) is 0 Å². The minimum absolute atomic E-state index is 0.339. The first-order chi connectivity index (χ1) is 7.76. The summed E-state index contributed by atoms with van der Waals surface area (Å²) >= 11 is 0. The normalized spacial score (nSPS) is 13.5. The lowest BCUT2D eigenvalue weighted by atomic mass is 9.91. The summed E-state index contributed by atoms with van der Waals surface area (Å²) in [6.07, 6.45) is 3.62. The van der Waals surface area contributed by atoms with Crippen molar-refractivity contribution in [3.05, 3.63) is 36.0 Å².